The first kappa shape index (κ1) is 22.2. The molecule has 0 aliphatic carbocycles. The van der Waals surface area contributed by atoms with Gasteiger partial charge in [-0.1, -0.05) is 41.4 Å². The van der Waals surface area contributed by atoms with Crippen LogP contribution in [0.3, 0.4) is 0 Å². The van der Waals surface area contributed by atoms with Gasteiger partial charge in [0, 0.05) is 23.7 Å². The van der Waals surface area contributed by atoms with Gasteiger partial charge in [0.1, 0.15) is 17.7 Å². The second-order valence-corrected chi connectivity index (χ2v) is 8.75. The van der Waals surface area contributed by atoms with Gasteiger partial charge >= 0.3 is 0 Å². The maximum atomic E-state index is 13.2. The van der Waals surface area contributed by atoms with Crippen LogP contribution in [0.15, 0.2) is 84.3 Å². The number of fused-ring (bicyclic) bond motifs is 2. The van der Waals surface area contributed by atoms with Gasteiger partial charge in [-0.3, -0.25) is 9.59 Å². The molecule has 34 heavy (non-hydrogen) atoms. The number of carbonyl (C=O) groups is 2. The average molecular weight is 492 g/mol. The zero-order valence-electron chi connectivity index (χ0n) is 18.1. The largest absolute Gasteiger partial charge is 0.481 e. The summed E-state index contributed by atoms with van der Waals surface area (Å²) in [7, 11) is 0. The number of aromatic nitrogens is 1. The molecule has 0 saturated carbocycles. The number of benzene rings is 2. The molecule has 2 aliphatic heterocycles. The molecule has 1 atom stereocenters. The molecule has 6 nitrogen and oxygen atoms in total. The molecule has 5 rings (SSSR count). The van der Waals surface area contributed by atoms with E-state index in [9.17, 15) is 9.59 Å². The van der Waals surface area contributed by atoms with E-state index >= 15 is 0 Å². The molecular weight excluding hydrogens is 473 g/mol. The van der Waals surface area contributed by atoms with Crippen LogP contribution < -0.4 is 15.0 Å². The summed E-state index contributed by atoms with van der Waals surface area (Å²) in [5.41, 5.74) is 3.05. The quantitative estimate of drug-likeness (QED) is 0.531. The van der Waals surface area contributed by atoms with Gasteiger partial charge in [0.2, 0.25) is 0 Å². The van der Waals surface area contributed by atoms with E-state index in [1.807, 2.05) is 42.2 Å². The summed E-state index contributed by atoms with van der Waals surface area (Å²) in [6.45, 7) is 2.11. The van der Waals surface area contributed by atoms with Gasteiger partial charge < -0.3 is 15.0 Å². The zero-order valence-corrected chi connectivity index (χ0v) is 19.6. The summed E-state index contributed by atoms with van der Waals surface area (Å²) in [4.78, 5) is 32.3. The monoisotopic (exact) mass is 491 g/mol. The second kappa shape index (κ2) is 8.97. The van der Waals surface area contributed by atoms with E-state index in [1.54, 1.807) is 36.7 Å². The van der Waals surface area contributed by atoms with Crippen molar-refractivity contribution in [2.24, 2.45) is 0 Å². The normalized spacial score (nSPS) is 16.6. The molecule has 0 spiro atoms. The number of hydrogen-bond acceptors (Lipinski definition) is 5. The average Bonchev–Trinajstić information content (AvgIpc) is 2.84. The summed E-state index contributed by atoms with van der Waals surface area (Å²) in [6, 6.07) is 15.7. The standard InChI is InChI=1S/C26H19Cl2N3O3/c1-15-5-4-10-29-25(15)31-14-19-23(34-22-7-3-2-6-18(22)24(19)32)12-17(31)13-30-26(33)16-8-9-20(27)21(28)11-16/h2-12,14,23H,13H2,1H3,(H,30,33)/t23-/m0/s1. The van der Waals surface area contributed by atoms with Crippen molar-refractivity contribution >= 4 is 40.7 Å². The van der Waals surface area contributed by atoms with E-state index in [1.165, 1.54) is 6.07 Å². The van der Waals surface area contributed by atoms with Gasteiger partial charge in [-0.15, -0.1) is 0 Å². The maximum Gasteiger partial charge on any atom is 0.251 e. The van der Waals surface area contributed by atoms with Crippen LogP contribution in [0, 0.1) is 6.92 Å². The van der Waals surface area contributed by atoms with Crippen LogP contribution in [0.25, 0.3) is 0 Å². The third kappa shape index (κ3) is 4.06. The minimum Gasteiger partial charge on any atom is -0.481 e. The molecule has 3 heterocycles. The lowest BCUT2D eigenvalue weighted by Gasteiger charge is -2.34. The van der Waals surface area contributed by atoms with Crippen LogP contribution in [0.4, 0.5) is 5.82 Å². The number of anilines is 1. The highest BCUT2D eigenvalue weighted by atomic mass is 35.5. The Hall–Kier alpha value is -3.61. The lowest BCUT2D eigenvalue weighted by Crippen LogP contribution is -2.39. The number of nitrogens with one attached hydrogen (secondary N) is 1. The molecule has 2 aliphatic rings. The van der Waals surface area contributed by atoms with Crippen LogP contribution in [0.2, 0.25) is 10.0 Å². The van der Waals surface area contributed by atoms with Crippen molar-refractivity contribution < 1.29 is 14.3 Å². The highest BCUT2D eigenvalue weighted by Gasteiger charge is 2.35. The molecule has 8 heteroatoms. The van der Waals surface area contributed by atoms with Crippen molar-refractivity contribution in [3.63, 3.8) is 0 Å². The number of carbonyl (C=O) groups excluding carboxylic acids is 2. The molecule has 0 unspecified atom stereocenters. The summed E-state index contributed by atoms with van der Waals surface area (Å²) in [6.07, 6.45) is 4.71. The van der Waals surface area contributed by atoms with Gasteiger partial charge in [0.25, 0.3) is 5.91 Å². The Balaban J connectivity index is 1.48. The van der Waals surface area contributed by atoms with Crippen LogP contribution in [0.5, 0.6) is 5.75 Å². The third-order valence-corrected chi connectivity index (χ3v) is 6.44. The highest BCUT2D eigenvalue weighted by Crippen LogP contribution is 2.36. The minimum absolute atomic E-state index is 0.0967. The fourth-order valence-electron chi connectivity index (χ4n) is 3.96. The van der Waals surface area contributed by atoms with Gasteiger partial charge in [-0.2, -0.15) is 0 Å². The number of ether oxygens (including phenoxy) is 1. The topological polar surface area (TPSA) is 71.5 Å². The van der Waals surface area contributed by atoms with Crippen molar-refractivity contribution in [1.29, 1.82) is 0 Å². The first-order valence-electron chi connectivity index (χ1n) is 10.6. The Labute approximate surface area is 206 Å². The molecule has 0 fully saturated rings. The lowest BCUT2D eigenvalue weighted by atomic mass is 9.93. The summed E-state index contributed by atoms with van der Waals surface area (Å²) in [5.74, 6) is 0.793. The number of pyridine rings is 1. The second-order valence-electron chi connectivity index (χ2n) is 7.93. The van der Waals surface area contributed by atoms with E-state index in [0.717, 1.165) is 11.3 Å². The predicted molar refractivity (Wildman–Crippen MR) is 132 cm³/mol. The molecular formula is C26H19Cl2N3O3. The first-order valence-corrected chi connectivity index (χ1v) is 11.3. The van der Waals surface area contributed by atoms with Crippen LogP contribution in [-0.4, -0.2) is 29.3 Å². The number of aryl methyl sites for hydroxylation is 1. The van der Waals surface area contributed by atoms with Gasteiger partial charge in [0.05, 0.1) is 27.7 Å². The van der Waals surface area contributed by atoms with Crippen LogP contribution in [0.1, 0.15) is 26.3 Å². The van der Waals surface area contributed by atoms with Crippen molar-refractivity contribution in [3.05, 3.63) is 111 Å². The van der Waals surface area contributed by atoms with Gasteiger partial charge in [0.15, 0.2) is 5.78 Å². The molecule has 1 aromatic heterocycles. The number of para-hydroxylation sites is 1. The number of amides is 1. The molecule has 0 saturated heterocycles. The summed E-state index contributed by atoms with van der Waals surface area (Å²) >= 11 is 12.0. The smallest absolute Gasteiger partial charge is 0.251 e. The molecule has 1 N–H and O–H groups in total. The SMILES string of the molecule is Cc1cccnc1N1C=C2C(=O)c3ccccc3O[C@H]2C=C1CNC(=O)c1ccc(Cl)c(Cl)c1. The van der Waals surface area contributed by atoms with Gasteiger partial charge in [-0.05, 0) is 55.0 Å². The van der Waals surface area contributed by atoms with Gasteiger partial charge in [-0.25, -0.2) is 4.98 Å². The zero-order chi connectivity index (χ0) is 23.8. The maximum absolute atomic E-state index is 13.2. The number of Topliss-reactive ketones (excluding diaryl/α,β-unsaturated/α-hetero) is 1. The number of hydrogen-bond donors (Lipinski definition) is 1. The Kier molecular flexibility index (Phi) is 5.86. The van der Waals surface area contributed by atoms with Crippen molar-refractivity contribution in [2.75, 3.05) is 11.4 Å². The number of rotatable bonds is 4. The molecule has 170 valence electrons. The molecule has 1 amide bonds. The van der Waals surface area contributed by atoms with Crippen LogP contribution in [-0.2, 0) is 0 Å². The molecule has 0 bridgehead atoms. The third-order valence-electron chi connectivity index (χ3n) is 5.70. The van der Waals surface area contributed by atoms with Crippen molar-refractivity contribution in [1.82, 2.24) is 10.3 Å². The van der Waals surface area contributed by atoms with Crippen LogP contribution >= 0.6 is 23.2 Å². The van der Waals surface area contributed by atoms with E-state index in [4.69, 9.17) is 27.9 Å². The number of nitrogens with zero attached hydrogens (tertiary/aromatic N) is 2. The Morgan fingerprint density at radius 3 is 2.74 bits per heavy atom. The van der Waals surface area contributed by atoms with Crippen molar-refractivity contribution in [2.45, 2.75) is 13.0 Å². The summed E-state index contributed by atoms with van der Waals surface area (Å²) < 4.78 is 6.11. The number of halogens is 2. The lowest BCUT2D eigenvalue weighted by molar-refractivity contribution is 0.0950. The fraction of sp³-hybridized carbons (Fsp3) is 0.115. The molecule has 2 aromatic carbocycles. The Morgan fingerprint density at radius 1 is 1.12 bits per heavy atom. The minimum atomic E-state index is -0.570. The van der Waals surface area contributed by atoms with E-state index < -0.39 is 6.10 Å². The molecule has 0 radical (unpaired) electrons. The van der Waals surface area contributed by atoms with E-state index in [-0.39, 0.29) is 18.2 Å². The predicted octanol–water partition coefficient (Wildman–Crippen LogP) is 5.36. The first-order chi connectivity index (χ1) is 16.4. The fourth-order valence-corrected chi connectivity index (χ4v) is 4.25. The van der Waals surface area contributed by atoms with Crippen molar-refractivity contribution in [3.8, 4) is 5.75 Å². The Bertz CT molecular complexity index is 1380. The van der Waals surface area contributed by atoms with E-state index in [2.05, 4.69) is 10.3 Å². The highest BCUT2D eigenvalue weighted by molar-refractivity contribution is 6.42. The Morgan fingerprint density at radius 2 is 1.94 bits per heavy atom. The number of ketones is 1. The molecule has 3 aromatic rings. The summed E-state index contributed by atoms with van der Waals surface area (Å²) in [5, 5.41) is 3.59. The van der Waals surface area contributed by atoms with E-state index in [0.29, 0.717) is 38.3 Å².